The molecule has 0 unspecified atom stereocenters. The number of carbonyl (C=O) groups is 1. The van der Waals surface area contributed by atoms with Gasteiger partial charge in [0.15, 0.2) is 0 Å². The second-order valence-electron chi connectivity index (χ2n) is 8.58. The van der Waals surface area contributed by atoms with Gasteiger partial charge >= 0.3 is 5.97 Å². The second-order valence-corrected chi connectivity index (χ2v) is 8.58. The molecule has 0 spiro atoms. The van der Waals surface area contributed by atoms with Crippen LogP contribution in [0.1, 0.15) is 54.5 Å². The summed E-state index contributed by atoms with van der Waals surface area (Å²) in [5, 5.41) is 8.88. The Balaban J connectivity index is 1.61. The first-order valence-corrected chi connectivity index (χ1v) is 11.9. The molecular weight excluding hydrogens is 424 g/mol. The third-order valence-corrected chi connectivity index (χ3v) is 5.94. The summed E-state index contributed by atoms with van der Waals surface area (Å²) < 4.78 is 12.3. The summed E-state index contributed by atoms with van der Waals surface area (Å²) >= 11 is 0. The fraction of sp³-hybridized carbons (Fsp3) is 0.300. The lowest BCUT2D eigenvalue weighted by atomic mass is 9.96. The van der Waals surface area contributed by atoms with Gasteiger partial charge in [0.05, 0.1) is 12.7 Å². The molecular formula is C30H34O4. The van der Waals surface area contributed by atoms with Crippen LogP contribution in [-0.2, 0) is 17.6 Å². The van der Waals surface area contributed by atoms with Crippen molar-refractivity contribution in [1.82, 2.24) is 0 Å². The number of aryl methyl sites for hydroxylation is 3. The number of benzene rings is 3. The smallest absolute Gasteiger partial charge is 0.303 e. The van der Waals surface area contributed by atoms with E-state index in [0.29, 0.717) is 13.0 Å². The average Bonchev–Trinajstić information content (AvgIpc) is 2.83. The first kappa shape index (κ1) is 25.1. The first-order chi connectivity index (χ1) is 16.4. The highest BCUT2D eigenvalue weighted by molar-refractivity contribution is 5.81. The number of ether oxygens (including phenoxy) is 2. The van der Waals surface area contributed by atoms with Gasteiger partial charge in [-0.05, 0) is 78.8 Å². The zero-order valence-corrected chi connectivity index (χ0v) is 20.3. The Bertz CT molecular complexity index is 1120. The molecule has 178 valence electrons. The van der Waals surface area contributed by atoms with Crippen LogP contribution in [0.5, 0.6) is 11.5 Å². The number of aliphatic carboxylic acids is 1. The minimum absolute atomic E-state index is 0.0364. The maximum Gasteiger partial charge on any atom is 0.303 e. The van der Waals surface area contributed by atoms with Gasteiger partial charge in [-0.1, -0.05) is 56.0 Å². The second kappa shape index (κ2) is 12.1. The maximum absolute atomic E-state index is 10.8. The van der Waals surface area contributed by atoms with Crippen LogP contribution < -0.4 is 9.47 Å². The van der Waals surface area contributed by atoms with E-state index in [2.05, 4.69) is 37.8 Å². The van der Waals surface area contributed by atoms with Gasteiger partial charge in [0.25, 0.3) is 0 Å². The predicted molar refractivity (Wildman–Crippen MR) is 138 cm³/mol. The molecule has 1 atom stereocenters. The Morgan fingerprint density at radius 3 is 2.50 bits per heavy atom. The van der Waals surface area contributed by atoms with Crippen molar-refractivity contribution in [2.24, 2.45) is 0 Å². The molecule has 0 aromatic heterocycles. The summed E-state index contributed by atoms with van der Waals surface area (Å²) in [5.41, 5.74) is 6.38. The summed E-state index contributed by atoms with van der Waals surface area (Å²) in [4.78, 5) is 10.8. The zero-order valence-electron chi connectivity index (χ0n) is 20.3. The minimum atomic E-state index is -0.784. The quantitative estimate of drug-likeness (QED) is 0.322. The number of hydrogen-bond donors (Lipinski definition) is 1. The van der Waals surface area contributed by atoms with E-state index in [-0.39, 0.29) is 12.5 Å². The molecule has 0 fully saturated rings. The molecule has 0 radical (unpaired) electrons. The molecule has 0 amide bonds. The van der Waals surface area contributed by atoms with E-state index in [9.17, 15) is 4.79 Å². The highest BCUT2D eigenvalue weighted by Crippen LogP contribution is 2.32. The highest BCUT2D eigenvalue weighted by Gasteiger charge is 2.14. The minimum Gasteiger partial charge on any atom is -0.493 e. The van der Waals surface area contributed by atoms with Crippen molar-refractivity contribution in [2.75, 3.05) is 6.61 Å². The van der Waals surface area contributed by atoms with E-state index in [1.807, 2.05) is 56.3 Å². The molecule has 1 N–H and O–H groups in total. The normalized spacial score (nSPS) is 11.6. The SMILES string of the molecule is C=C(c1ccccc1)c1cc(CC)ccc1O[C@H](C)CCOc1ccc(CCC(=O)O)c(C)c1. The van der Waals surface area contributed by atoms with Crippen molar-refractivity contribution >= 4 is 11.5 Å². The average molecular weight is 459 g/mol. The molecule has 0 saturated heterocycles. The standard InChI is InChI=1S/C30H34O4/c1-5-24-11-15-29(28(20-24)23(4)26-9-7-6-8-10-26)34-22(3)17-18-33-27-14-12-25(21(2)19-27)13-16-30(31)32/h6-12,14-15,19-20,22H,4-5,13,16-18H2,1-3H3,(H,31,32)/t22-/m1/s1. The molecule has 0 saturated carbocycles. The van der Waals surface area contributed by atoms with E-state index in [4.69, 9.17) is 14.6 Å². The largest absolute Gasteiger partial charge is 0.493 e. The van der Waals surface area contributed by atoms with Crippen molar-refractivity contribution in [2.45, 2.75) is 52.6 Å². The van der Waals surface area contributed by atoms with Crippen LogP contribution in [-0.4, -0.2) is 23.8 Å². The molecule has 4 nitrogen and oxygen atoms in total. The third kappa shape index (κ3) is 6.98. The van der Waals surface area contributed by atoms with Gasteiger partial charge in [-0.25, -0.2) is 0 Å². The van der Waals surface area contributed by atoms with Gasteiger partial charge in [0, 0.05) is 18.4 Å². The Hall–Kier alpha value is -3.53. The van der Waals surface area contributed by atoms with Gasteiger partial charge in [-0.15, -0.1) is 0 Å². The number of carboxylic acid groups (broad SMARTS) is 1. The van der Waals surface area contributed by atoms with Crippen LogP contribution in [0.2, 0.25) is 0 Å². The number of rotatable bonds is 12. The molecule has 0 bridgehead atoms. The van der Waals surface area contributed by atoms with Crippen molar-refractivity contribution in [3.05, 3.63) is 101 Å². The summed E-state index contributed by atoms with van der Waals surface area (Å²) in [6.07, 6.45) is 2.30. The summed E-state index contributed by atoms with van der Waals surface area (Å²) in [7, 11) is 0. The van der Waals surface area contributed by atoms with E-state index in [1.165, 1.54) is 5.56 Å². The Kier molecular flexibility index (Phi) is 8.92. The Morgan fingerprint density at radius 2 is 1.82 bits per heavy atom. The van der Waals surface area contributed by atoms with Crippen molar-refractivity contribution in [3.8, 4) is 11.5 Å². The molecule has 0 aliphatic heterocycles. The van der Waals surface area contributed by atoms with Crippen LogP contribution >= 0.6 is 0 Å². The van der Waals surface area contributed by atoms with Crippen molar-refractivity contribution in [3.63, 3.8) is 0 Å². The number of hydrogen-bond acceptors (Lipinski definition) is 3. The molecule has 4 heteroatoms. The van der Waals surface area contributed by atoms with Crippen molar-refractivity contribution < 1.29 is 19.4 Å². The van der Waals surface area contributed by atoms with Crippen LogP contribution in [0.25, 0.3) is 5.57 Å². The third-order valence-electron chi connectivity index (χ3n) is 5.94. The van der Waals surface area contributed by atoms with E-state index in [0.717, 1.165) is 52.2 Å². The molecule has 34 heavy (non-hydrogen) atoms. The lowest BCUT2D eigenvalue weighted by molar-refractivity contribution is -0.136. The molecule has 0 aliphatic carbocycles. The van der Waals surface area contributed by atoms with E-state index >= 15 is 0 Å². The molecule has 3 rings (SSSR count). The van der Waals surface area contributed by atoms with Crippen molar-refractivity contribution in [1.29, 1.82) is 0 Å². The molecule has 0 heterocycles. The molecule has 3 aromatic rings. The topological polar surface area (TPSA) is 55.8 Å². The lowest BCUT2D eigenvalue weighted by Crippen LogP contribution is -2.16. The number of carboxylic acids is 1. The first-order valence-electron chi connectivity index (χ1n) is 11.9. The van der Waals surface area contributed by atoms with Gasteiger partial charge in [0.2, 0.25) is 0 Å². The van der Waals surface area contributed by atoms with Gasteiger partial charge in [-0.3, -0.25) is 4.79 Å². The van der Waals surface area contributed by atoms with E-state index in [1.54, 1.807) is 0 Å². The van der Waals surface area contributed by atoms with Gasteiger partial charge < -0.3 is 14.6 Å². The Labute approximate surface area is 202 Å². The van der Waals surface area contributed by atoms with Gasteiger partial charge in [0.1, 0.15) is 11.5 Å². The Morgan fingerprint density at radius 1 is 1.06 bits per heavy atom. The lowest BCUT2D eigenvalue weighted by Gasteiger charge is -2.20. The fourth-order valence-electron chi connectivity index (χ4n) is 3.83. The summed E-state index contributed by atoms with van der Waals surface area (Å²) in [6.45, 7) is 11.0. The highest BCUT2D eigenvalue weighted by atomic mass is 16.5. The monoisotopic (exact) mass is 458 g/mol. The van der Waals surface area contributed by atoms with Crippen LogP contribution in [0.15, 0.2) is 73.3 Å². The van der Waals surface area contributed by atoms with Gasteiger partial charge in [-0.2, -0.15) is 0 Å². The van der Waals surface area contributed by atoms with Crippen LogP contribution in [0, 0.1) is 6.92 Å². The summed E-state index contributed by atoms with van der Waals surface area (Å²) in [5.74, 6) is 0.833. The molecule has 3 aromatic carbocycles. The fourth-order valence-corrected chi connectivity index (χ4v) is 3.83. The van der Waals surface area contributed by atoms with E-state index < -0.39 is 5.97 Å². The van der Waals surface area contributed by atoms with Crippen LogP contribution in [0.4, 0.5) is 0 Å². The maximum atomic E-state index is 10.8. The summed E-state index contributed by atoms with van der Waals surface area (Å²) in [6, 6.07) is 22.3. The zero-order chi connectivity index (χ0) is 24.5. The predicted octanol–water partition coefficient (Wildman–Crippen LogP) is 6.87. The molecule has 0 aliphatic rings. The van der Waals surface area contributed by atoms with Crippen LogP contribution in [0.3, 0.4) is 0 Å².